The lowest BCUT2D eigenvalue weighted by Crippen LogP contribution is -2.30. The van der Waals surface area contributed by atoms with Crippen molar-refractivity contribution >= 4 is 17.9 Å². The fourth-order valence-electron chi connectivity index (χ4n) is 6.67. The Morgan fingerprint density at radius 1 is 0.339 bits per heavy atom. The van der Waals surface area contributed by atoms with Crippen molar-refractivity contribution in [3.63, 3.8) is 0 Å². The van der Waals surface area contributed by atoms with Crippen molar-refractivity contribution in [2.75, 3.05) is 13.2 Å². The first-order valence-corrected chi connectivity index (χ1v) is 24.8. The maximum absolute atomic E-state index is 12.7. The van der Waals surface area contributed by atoms with Gasteiger partial charge in [0.15, 0.2) is 6.10 Å². The summed E-state index contributed by atoms with van der Waals surface area (Å²) < 4.78 is 16.7. The number of carbonyl (C=O) groups excluding carboxylic acids is 3. The molecule has 0 saturated heterocycles. The summed E-state index contributed by atoms with van der Waals surface area (Å²) in [5.41, 5.74) is 0. The quantitative estimate of drug-likeness (QED) is 0.0263. The molecule has 0 heterocycles. The van der Waals surface area contributed by atoms with E-state index < -0.39 is 6.10 Å². The standard InChI is InChI=1S/C53H92O6/c1-4-7-10-13-16-19-22-24-25-26-27-29-32-34-37-40-43-46-52(55)58-49-50(59-53(56)47-44-41-38-35-30-21-18-15-12-9-6-3)48-57-51(54)45-42-39-36-33-31-28-23-20-17-14-11-8-5-2/h15,18,20,23-25,27,29,34,37,50H,4-14,16-17,19,21-22,26,28,30-33,35-36,38-49H2,1-3H3/b18-15-,23-20-,25-24-,29-27-,37-34-/t50-/m0/s1. The third-order valence-electron chi connectivity index (χ3n) is 10.5. The van der Waals surface area contributed by atoms with Crippen LogP contribution in [0.4, 0.5) is 0 Å². The number of rotatable bonds is 44. The predicted octanol–water partition coefficient (Wildman–Crippen LogP) is 16.1. The number of esters is 3. The van der Waals surface area contributed by atoms with Gasteiger partial charge in [-0.15, -0.1) is 0 Å². The van der Waals surface area contributed by atoms with Gasteiger partial charge in [0.25, 0.3) is 0 Å². The first kappa shape index (κ1) is 56.1. The van der Waals surface area contributed by atoms with Crippen LogP contribution in [-0.4, -0.2) is 37.2 Å². The Morgan fingerprint density at radius 3 is 1.10 bits per heavy atom. The zero-order valence-electron chi connectivity index (χ0n) is 38.8. The molecule has 0 aromatic heterocycles. The van der Waals surface area contributed by atoms with Crippen LogP contribution in [0.15, 0.2) is 60.8 Å². The molecule has 0 fully saturated rings. The number of ether oxygens (including phenoxy) is 3. The molecule has 0 radical (unpaired) electrons. The summed E-state index contributed by atoms with van der Waals surface area (Å²) in [5, 5.41) is 0. The van der Waals surface area contributed by atoms with Gasteiger partial charge in [-0.05, 0) is 96.3 Å². The fourth-order valence-corrected chi connectivity index (χ4v) is 6.67. The maximum atomic E-state index is 12.7. The molecule has 0 aromatic carbocycles. The normalized spacial score (nSPS) is 12.5. The first-order chi connectivity index (χ1) is 29.0. The highest BCUT2D eigenvalue weighted by Crippen LogP contribution is 2.13. The van der Waals surface area contributed by atoms with Crippen molar-refractivity contribution in [1.29, 1.82) is 0 Å². The highest BCUT2D eigenvalue weighted by Gasteiger charge is 2.19. The summed E-state index contributed by atoms with van der Waals surface area (Å²) in [6.45, 7) is 6.51. The van der Waals surface area contributed by atoms with E-state index in [1.165, 1.54) is 116 Å². The second kappa shape index (κ2) is 47.8. The first-order valence-electron chi connectivity index (χ1n) is 24.8. The van der Waals surface area contributed by atoms with Crippen LogP contribution in [0.5, 0.6) is 0 Å². The second-order valence-corrected chi connectivity index (χ2v) is 16.4. The Bertz CT molecular complexity index is 1090. The third kappa shape index (κ3) is 46.0. The number of allylic oxidation sites excluding steroid dienone is 10. The van der Waals surface area contributed by atoms with Gasteiger partial charge in [-0.3, -0.25) is 14.4 Å². The minimum Gasteiger partial charge on any atom is -0.462 e. The molecule has 6 nitrogen and oxygen atoms in total. The summed E-state index contributed by atoms with van der Waals surface area (Å²) in [4.78, 5) is 37.8. The summed E-state index contributed by atoms with van der Waals surface area (Å²) in [5.74, 6) is -0.970. The highest BCUT2D eigenvalue weighted by molar-refractivity contribution is 5.71. The number of hydrogen-bond donors (Lipinski definition) is 0. The van der Waals surface area contributed by atoms with E-state index in [9.17, 15) is 14.4 Å². The third-order valence-corrected chi connectivity index (χ3v) is 10.5. The lowest BCUT2D eigenvalue weighted by Gasteiger charge is -2.18. The Labute approximate surface area is 364 Å². The van der Waals surface area contributed by atoms with Gasteiger partial charge < -0.3 is 14.2 Å². The van der Waals surface area contributed by atoms with Crippen molar-refractivity contribution in [3.05, 3.63) is 60.8 Å². The molecule has 1 atom stereocenters. The van der Waals surface area contributed by atoms with E-state index in [1.807, 2.05) is 0 Å². The lowest BCUT2D eigenvalue weighted by atomic mass is 10.1. The lowest BCUT2D eigenvalue weighted by molar-refractivity contribution is -0.167. The summed E-state index contributed by atoms with van der Waals surface area (Å²) in [6, 6.07) is 0. The van der Waals surface area contributed by atoms with Crippen LogP contribution in [0, 0.1) is 0 Å². The SMILES string of the molecule is CCCC/C=C\CCCCCCCC(=O)O[C@H](COC(=O)CCC/C=C\C/C=C\C/C=C\CCCCCCCC)COC(=O)CCCCCCC/C=C\CCCCCC. The van der Waals surface area contributed by atoms with Gasteiger partial charge in [-0.25, -0.2) is 0 Å². The average Bonchev–Trinajstić information content (AvgIpc) is 3.23. The van der Waals surface area contributed by atoms with E-state index in [2.05, 4.69) is 81.5 Å². The molecule has 0 spiro atoms. The minimum atomic E-state index is -0.799. The smallest absolute Gasteiger partial charge is 0.306 e. The van der Waals surface area contributed by atoms with Gasteiger partial charge in [-0.1, -0.05) is 184 Å². The molecule has 59 heavy (non-hydrogen) atoms. The molecule has 0 aliphatic carbocycles. The molecule has 0 aromatic rings. The van der Waals surface area contributed by atoms with Crippen molar-refractivity contribution in [2.45, 2.75) is 245 Å². The van der Waals surface area contributed by atoms with Gasteiger partial charge in [0, 0.05) is 19.3 Å². The van der Waals surface area contributed by atoms with E-state index >= 15 is 0 Å². The van der Waals surface area contributed by atoms with Crippen molar-refractivity contribution < 1.29 is 28.6 Å². The molecule has 0 bridgehead atoms. The zero-order valence-corrected chi connectivity index (χ0v) is 38.8. The van der Waals surface area contributed by atoms with E-state index in [4.69, 9.17) is 14.2 Å². The number of hydrogen-bond acceptors (Lipinski definition) is 6. The number of unbranched alkanes of at least 4 members (excludes halogenated alkanes) is 23. The topological polar surface area (TPSA) is 78.9 Å². The largest absolute Gasteiger partial charge is 0.462 e. The minimum absolute atomic E-state index is 0.0976. The van der Waals surface area contributed by atoms with Crippen LogP contribution >= 0.6 is 0 Å². The van der Waals surface area contributed by atoms with Crippen LogP contribution in [0.1, 0.15) is 239 Å². The van der Waals surface area contributed by atoms with Crippen molar-refractivity contribution in [2.24, 2.45) is 0 Å². The van der Waals surface area contributed by atoms with Gasteiger partial charge in [0.2, 0.25) is 0 Å². The molecular formula is C53H92O6. The van der Waals surface area contributed by atoms with E-state index in [1.54, 1.807) is 0 Å². The highest BCUT2D eigenvalue weighted by atomic mass is 16.6. The molecule has 0 aliphatic heterocycles. The Morgan fingerprint density at radius 2 is 0.644 bits per heavy atom. The molecule has 340 valence electrons. The van der Waals surface area contributed by atoms with E-state index in [-0.39, 0.29) is 37.5 Å². The molecule has 6 heteroatoms. The predicted molar refractivity (Wildman–Crippen MR) is 251 cm³/mol. The Balaban J connectivity index is 4.45. The van der Waals surface area contributed by atoms with E-state index in [0.29, 0.717) is 19.3 Å². The summed E-state index contributed by atoms with van der Waals surface area (Å²) >= 11 is 0. The van der Waals surface area contributed by atoms with Crippen molar-refractivity contribution in [3.8, 4) is 0 Å². The molecule has 0 rings (SSSR count). The second-order valence-electron chi connectivity index (χ2n) is 16.4. The maximum Gasteiger partial charge on any atom is 0.306 e. The molecule has 0 N–H and O–H groups in total. The fraction of sp³-hybridized carbons (Fsp3) is 0.755. The van der Waals surface area contributed by atoms with Crippen LogP contribution < -0.4 is 0 Å². The van der Waals surface area contributed by atoms with Gasteiger partial charge in [-0.2, -0.15) is 0 Å². The molecule has 0 unspecified atom stereocenters. The molecule has 0 aliphatic rings. The number of carbonyl (C=O) groups is 3. The zero-order chi connectivity index (χ0) is 43.0. The van der Waals surface area contributed by atoms with Crippen LogP contribution in [0.2, 0.25) is 0 Å². The van der Waals surface area contributed by atoms with E-state index in [0.717, 1.165) is 77.0 Å². The van der Waals surface area contributed by atoms with Crippen molar-refractivity contribution in [1.82, 2.24) is 0 Å². The van der Waals surface area contributed by atoms with Gasteiger partial charge >= 0.3 is 17.9 Å². The Kier molecular flexibility index (Phi) is 45.4. The van der Waals surface area contributed by atoms with Gasteiger partial charge in [0.05, 0.1) is 0 Å². The van der Waals surface area contributed by atoms with Crippen LogP contribution in [0.3, 0.4) is 0 Å². The summed E-state index contributed by atoms with van der Waals surface area (Å²) in [6.07, 6.45) is 57.8. The van der Waals surface area contributed by atoms with Crippen LogP contribution in [0.25, 0.3) is 0 Å². The average molecular weight is 825 g/mol. The Hall–Kier alpha value is -2.89. The summed E-state index contributed by atoms with van der Waals surface area (Å²) in [7, 11) is 0. The molecular weight excluding hydrogens is 733 g/mol. The molecule has 0 saturated carbocycles. The van der Waals surface area contributed by atoms with Gasteiger partial charge in [0.1, 0.15) is 13.2 Å². The van der Waals surface area contributed by atoms with Crippen LogP contribution in [-0.2, 0) is 28.6 Å². The molecule has 0 amide bonds. The monoisotopic (exact) mass is 825 g/mol.